The van der Waals surface area contributed by atoms with Crippen molar-refractivity contribution in [1.29, 1.82) is 0 Å². The summed E-state index contributed by atoms with van der Waals surface area (Å²) in [7, 11) is -3.06. The topological polar surface area (TPSA) is 101 Å². The van der Waals surface area contributed by atoms with Gasteiger partial charge in [0.05, 0.1) is 11.5 Å². The van der Waals surface area contributed by atoms with Crippen LogP contribution >= 0.6 is 0 Å². The number of amides is 1. The number of carbonyl (C=O) groups is 1. The third kappa shape index (κ3) is 4.57. The molecule has 1 fully saturated rings. The van der Waals surface area contributed by atoms with Crippen molar-refractivity contribution in [3.8, 4) is 11.4 Å². The molecule has 0 bridgehead atoms. The smallest absolute Gasteiger partial charge is 0.270 e. The second kappa shape index (κ2) is 7.41. The second-order valence-electron chi connectivity index (χ2n) is 6.70. The normalized spacial score (nSPS) is 18.7. The van der Waals surface area contributed by atoms with E-state index in [0.717, 1.165) is 5.56 Å². The van der Waals surface area contributed by atoms with Crippen LogP contribution in [0.15, 0.2) is 36.4 Å². The number of hydrogen-bond donors (Lipinski definition) is 2. The summed E-state index contributed by atoms with van der Waals surface area (Å²) < 4.78 is 23.2. The first-order valence-electron chi connectivity index (χ1n) is 8.55. The summed E-state index contributed by atoms with van der Waals surface area (Å²) in [6, 6.07) is 10.8. The molecule has 1 aromatic heterocycles. The van der Waals surface area contributed by atoms with Gasteiger partial charge in [-0.2, -0.15) is 0 Å². The number of sulfone groups is 1. The van der Waals surface area contributed by atoms with Crippen molar-refractivity contribution in [3.63, 3.8) is 0 Å². The van der Waals surface area contributed by atoms with Gasteiger partial charge in [-0.15, -0.1) is 0 Å². The van der Waals surface area contributed by atoms with Gasteiger partial charge in [0.25, 0.3) is 5.91 Å². The van der Waals surface area contributed by atoms with Gasteiger partial charge in [-0.3, -0.25) is 4.79 Å². The second-order valence-corrected chi connectivity index (χ2v) is 8.93. The fourth-order valence-electron chi connectivity index (χ4n) is 2.82. The number of benzene rings is 1. The van der Waals surface area contributed by atoms with Gasteiger partial charge in [-0.05, 0) is 20.3 Å². The minimum atomic E-state index is -3.06. The predicted molar refractivity (Wildman–Crippen MR) is 101 cm³/mol. The standard InChI is InChI=1S/C18H22N4O3S/c1-12(2)19-16-10-15(18(23)20-14-8-9-26(24,25)11-14)21-17(22-16)13-6-4-3-5-7-13/h3-7,10,12,14H,8-9,11H2,1-2H3,(H,20,23)(H,19,21,22). The molecule has 1 atom stereocenters. The van der Waals surface area contributed by atoms with Crippen LogP contribution in [0, 0.1) is 0 Å². The third-order valence-corrected chi connectivity index (χ3v) is 5.76. The summed E-state index contributed by atoms with van der Waals surface area (Å²) in [4.78, 5) is 21.5. The van der Waals surface area contributed by atoms with E-state index in [2.05, 4.69) is 20.6 Å². The molecule has 0 spiro atoms. The van der Waals surface area contributed by atoms with Crippen LogP contribution in [0.1, 0.15) is 30.8 Å². The van der Waals surface area contributed by atoms with Crippen molar-refractivity contribution in [2.45, 2.75) is 32.4 Å². The predicted octanol–water partition coefficient (Wildman–Crippen LogP) is 1.88. The van der Waals surface area contributed by atoms with E-state index in [1.165, 1.54) is 0 Å². The van der Waals surface area contributed by atoms with Crippen LogP contribution in [0.2, 0.25) is 0 Å². The molecule has 2 heterocycles. The molecule has 1 saturated heterocycles. The molecule has 0 radical (unpaired) electrons. The third-order valence-electron chi connectivity index (χ3n) is 3.99. The average Bonchev–Trinajstić information content (AvgIpc) is 2.93. The van der Waals surface area contributed by atoms with E-state index in [9.17, 15) is 13.2 Å². The summed E-state index contributed by atoms with van der Waals surface area (Å²) >= 11 is 0. The van der Waals surface area contributed by atoms with E-state index < -0.39 is 15.7 Å². The first kappa shape index (κ1) is 18.3. The van der Waals surface area contributed by atoms with Crippen LogP contribution in [0.4, 0.5) is 5.82 Å². The van der Waals surface area contributed by atoms with E-state index in [0.29, 0.717) is 18.1 Å². The molecule has 1 amide bonds. The number of carbonyl (C=O) groups excluding carboxylic acids is 1. The van der Waals surface area contributed by atoms with Gasteiger partial charge in [0.1, 0.15) is 11.5 Å². The number of nitrogens with zero attached hydrogens (tertiary/aromatic N) is 2. The van der Waals surface area contributed by atoms with Gasteiger partial charge in [0.2, 0.25) is 0 Å². The first-order chi connectivity index (χ1) is 12.3. The van der Waals surface area contributed by atoms with Crippen LogP contribution in [0.5, 0.6) is 0 Å². The summed E-state index contributed by atoms with van der Waals surface area (Å²) in [6.07, 6.45) is 0.432. The van der Waals surface area contributed by atoms with Gasteiger partial charge in [0.15, 0.2) is 15.7 Å². The van der Waals surface area contributed by atoms with Gasteiger partial charge >= 0.3 is 0 Å². The SMILES string of the molecule is CC(C)Nc1cc(C(=O)NC2CCS(=O)(=O)C2)nc(-c2ccccc2)n1. The molecule has 1 unspecified atom stereocenters. The molecule has 1 aliphatic heterocycles. The molecule has 8 heteroatoms. The molecular weight excluding hydrogens is 352 g/mol. The summed E-state index contributed by atoms with van der Waals surface area (Å²) in [5.41, 5.74) is 1.02. The Morgan fingerprint density at radius 3 is 2.54 bits per heavy atom. The van der Waals surface area contributed by atoms with E-state index >= 15 is 0 Å². The van der Waals surface area contributed by atoms with Crippen molar-refractivity contribution in [2.24, 2.45) is 0 Å². The maximum atomic E-state index is 12.6. The van der Waals surface area contributed by atoms with Gasteiger partial charge in [-0.25, -0.2) is 18.4 Å². The van der Waals surface area contributed by atoms with E-state index in [-0.39, 0.29) is 29.3 Å². The zero-order chi connectivity index (χ0) is 18.7. The maximum absolute atomic E-state index is 12.6. The number of aromatic nitrogens is 2. The minimum absolute atomic E-state index is 0.0214. The lowest BCUT2D eigenvalue weighted by Crippen LogP contribution is -2.36. The highest BCUT2D eigenvalue weighted by Crippen LogP contribution is 2.19. The zero-order valence-electron chi connectivity index (χ0n) is 14.8. The molecule has 0 saturated carbocycles. The fraction of sp³-hybridized carbons (Fsp3) is 0.389. The Morgan fingerprint density at radius 1 is 1.19 bits per heavy atom. The number of hydrogen-bond acceptors (Lipinski definition) is 6. The molecule has 2 aromatic rings. The number of anilines is 1. The van der Waals surface area contributed by atoms with Crippen LogP contribution < -0.4 is 10.6 Å². The largest absolute Gasteiger partial charge is 0.368 e. The van der Waals surface area contributed by atoms with Crippen LogP contribution in [-0.4, -0.2) is 47.9 Å². The van der Waals surface area contributed by atoms with Crippen LogP contribution in [0.25, 0.3) is 11.4 Å². The van der Waals surface area contributed by atoms with Crippen molar-refractivity contribution in [2.75, 3.05) is 16.8 Å². The lowest BCUT2D eigenvalue weighted by Gasteiger charge is -2.14. The van der Waals surface area contributed by atoms with Gasteiger partial charge < -0.3 is 10.6 Å². The Morgan fingerprint density at radius 2 is 1.92 bits per heavy atom. The fourth-order valence-corrected chi connectivity index (χ4v) is 4.49. The highest BCUT2D eigenvalue weighted by atomic mass is 32.2. The van der Waals surface area contributed by atoms with Crippen molar-refractivity contribution in [1.82, 2.24) is 15.3 Å². The van der Waals surface area contributed by atoms with Crippen LogP contribution in [-0.2, 0) is 9.84 Å². The summed E-state index contributed by atoms with van der Waals surface area (Å²) in [5.74, 6) is 0.695. The highest BCUT2D eigenvalue weighted by molar-refractivity contribution is 7.91. The van der Waals surface area contributed by atoms with Crippen molar-refractivity contribution in [3.05, 3.63) is 42.1 Å². The summed E-state index contributed by atoms with van der Waals surface area (Å²) in [6.45, 7) is 3.96. The Balaban J connectivity index is 1.88. The zero-order valence-corrected chi connectivity index (χ0v) is 15.6. The molecule has 1 aliphatic rings. The Kier molecular flexibility index (Phi) is 5.22. The van der Waals surface area contributed by atoms with Gasteiger partial charge in [0, 0.05) is 23.7 Å². The van der Waals surface area contributed by atoms with E-state index in [4.69, 9.17) is 0 Å². The maximum Gasteiger partial charge on any atom is 0.270 e. The minimum Gasteiger partial charge on any atom is -0.368 e. The molecule has 2 N–H and O–H groups in total. The van der Waals surface area contributed by atoms with Crippen molar-refractivity contribution < 1.29 is 13.2 Å². The monoisotopic (exact) mass is 374 g/mol. The summed E-state index contributed by atoms with van der Waals surface area (Å²) in [5, 5.41) is 5.96. The molecular formula is C18H22N4O3S. The van der Waals surface area contributed by atoms with E-state index in [1.54, 1.807) is 6.07 Å². The highest BCUT2D eigenvalue weighted by Gasteiger charge is 2.29. The van der Waals surface area contributed by atoms with Crippen molar-refractivity contribution >= 4 is 21.6 Å². The average molecular weight is 374 g/mol. The van der Waals surface area contributed by atoms with Crippen LogP contribution in [0.3, 0.4) is 0 Å². The molecule has 7 nitrogen and oxygen atoms in total. The first-order valence-corrected chi connectivity index (χ1v) is 10.4. The molecule has 1 aromatic carbocycles. The number of rotatable bonds is 5. The Hall–Kier alpha value is -2.48. The molecule has 3 rings (SSSR count). The number of nitrogens with one attached hydrogen (secondary N) is 2. The lowest BCUT2D eigenvalue weighted by molar-refractivity contribution is 0.0936. The van der Waals surface area contributed by atoms with E-state index in [1.807, 2.05) is 44.2 Å². The molecule has 0 aliphatic carbocycles. The Bertz CT molecular complexity index is 898. The quantitative estimate of drug-likeness (QED) is 0.829. The molecule has 138 valence electrons. The Labute approximate surface area is 153 Å². The molecule has 26 heavy (non-hydrogen) atoms. The van der Waals surface area contributed by atoms with Gasteiger partial charge in [-0.1, -0.05) is 30.3 Å². The lowest BCUT2D eigenvalue weighted by atomic mass is 10.2.